The van der Waals surface area contributed by atoms with E-state index in [0.717, 1.165) is 5.56 Å². The van der Waals surface area contributed by atoms with Crippen molar-refractivity contribution in [3.05, 3.63) is 63.2 Å². The van der Waals surface area contributed by atoms with E-state index in [-0.39, 0.29) is 17.8 Å². The van der Waals surface area contributed by atoms with Crippen LogP contribution in [-0.2, 0) is 16.0 Å². The number of benzene rings is 2. The molecule has 0 spiro atoms. The summed E-state index contributed by atoms with van der Waals surface area (Å²) in [6.45, 7) is 1.88. The number of fused-ring (bicyclic) bond motifs is 1. The first-order chi connectivity index (χ1) is 12.4. The lowest BCUT2D eigenvalue weighted by molar-refractivity contribution is -0.384. The summed E-state index contributed by atoms with van der Waals surface area (Å²) in [7, 11) is 1.39. The van der Waals surface area contributed by atoms with Crippen molar-refractivity contribution in [1.29, 1.82) is 0 Å². The highest BCUT2D eigenvalue weighted by Crippen LogP contribution is 2.30. The Balaban J connectivity index is 1.83. The van der Waals surface area contributed by atoms with Crippen LogP contribution in [0.4, 0.5) is 11.4 Å². The molecular weight excluding hydrogens is 340 g/mol. The van der Waals surface area contributed by atoms with Crippen molar-refractivity contribution in [2.24, 2.45) is 0 Å². The second-order valence-corrected chi connectivity index (χ2v) is 5.89. The summed E-state index contributed by atoms with van der Waals surface area (Å²) in [5, 5.41) is 13.7. The van der Waals surface area contributed by atoms with Gasteiger partial charge in [-0.05, 0) is 30.7 Å². The quantitative estimate of drug-likeness (QED) is 0.512. The van der Waals surface area contributed by atoms with E-state index in [1.54, 1.807) is 12.1 Å². The maximum atomic E-state index is 12.5. The third kappa shape index (κ3) is 3.34. The molecule has 1 N–H and O–H groups in total. The fraction of sp³-hybridized carbons (Fsp3) is 0.222. The molecule has 1 atom stereocenters. The van der Waals surface area contributed by atoms with Crippen LogP contribution in [0.2, 0.25) is 0 Å². The van der Waals surface area contributed by atoms with Gasteiger partial charge in [-0.3, -0.25) is 14.9 Å². The number of esters is 1. The molecule has 1 aliphatic rings. The highest BCUT2D eigenvalue weighted by atomic mass is 16.6. The fourth-order valence-electron chi connectivity index (χ4n) is 2.78. The average molecular weight is 356 g/mol. The number of ether oxygens (including phenoxy) is 2. The van der Waals surface area contributed by atoms with Crippen molar-refractivity contribution < 1.29 is 24.0 Å². The molecule has 3 rings (SSSR count). The normalized spacial score (nSPS) is 15.6. The van der Waals surface area contributed by atoms with E-state index in [1.165, 1.54) is 25.3 Å². The van der Waals surface area contributed by atoms with Gasteiger partial charge in [0.2, 0.25) is 0 Å². The first-order valence-corrected chi connectivity index (χ1v) is 7.83. The molecule has 1 amide bonds. The van der Waals surface area contributed by atoms with Gasteiger partial charge in [0.1, 0.15) is 11.4 Å². The number of hydrogen-bond acceptors (Lipinski definition) is 6. The highest BCUT2D eigenvalue weighted by molar-refractivity contribution is 6.01. The molecule has 0 bridgehead atoms. The van der Waals surface area contributed by atoms with Crippen molar-refractivity contribution >= 4 is 23.3 Å². The minimum atomic E-state index is -1.06. The van der Waals surface area contributed by atoms with Gasteiger partial charge in [0.05, 0.1) is 23.7 Å². The Bertz CT molecular complexity index is 909. The molecule has 1 heterocycles. The molecule has 26 heavy (non-hydrogen) atoms. The van der Waals surface area contributed by atoms with E-state index in [2.05, 4.69) is 5.32 Å². The molecule has 134 valence electrons. The molecule has 0 aliphatic carbocycles. The highest BCUT2D eigenvalue weighted by Gasteiger charge is 2.32. The minimum absolute atomic E-state index is 0.00638. The minimum Gasteiger partial charge on any atom is -0.496 e. The van der Waals surface area contributed by atoms with Crippen LogP contribution >= 0.6 is 0 Å². The molecule has 8 heteroatoms. The first kappa shape index (κ1) is 17.4. The molecule has 2 aromatic rings. The van der Waals surface area contributed by atoms with Gasteiger partial charge in [0.25, 0.3) is 11.6 Å². The zero-order chi connectivity index (χ0) is 18.8. The molecule has 0 aromatic heterocycles. The lowest BCUT2D eigenvalue weighted by Crippen LogP contribution is -2.38. The molecular formula is C18H16N2O6. The maximum Gasteiger partial charge on any atom is 0.339 e. The fourth-order valence-corrected chi connectivity index (χ4v) is 2.78. The van der Waals surface area contributed by atoms with E-state index in [1.807, 2.05) is 13.0 Å². The second-order valence-electron chi connectivity index (χ2n) is 5.89. The van der Waals surface area contributed by atoms with Crippen molar-refractivity contribution in [2.45, 2.75) is 19.4 Å². The molecule has 1 unspecified atom stereocenters. The summed E-state index contributed by atoms with van der Waals surface area (Å²) in [4.78, 5) is 35.2. The number of nitrogens with one attached hydrogen (secondary N) is 1. The number of methoxy groups -OCH3 is 1. The van der Waals surface area contributed by atoms with Crippen LogP contribution < -0.4 is 10.1 Å². The summed E-state index contributed by atoms with van der Waals surface area (Å²) < 4.78 is 10.1. The van der Waals surface area contributed by atoms with E-state index in [9.17, 15) is 19.7 Å². The van der Waals surface area contributed by atoms with Crippen LogP contribution in [0.15, 0.2) is 36.4 Å². The van der Waals surface area contributed by atoms with Crippen molar-refractivity contribution in [3.8, 4) is 5.75 Å². The number of cyclic esters (lactones) is 1. The summed E-state index contributed by atoms with van der Waals surface area (Å²) >= 11 is 0. The first-order valence-electron chi connectivity index (χ1n) is 7.83. The zero-order valence-electron chi connectivity index (χ0n) is 14.1. The van der Waals surface area contributed by atoms with E-state index >= 15 is 0 Å². The molecule has 1 aliphatic heterocycles. The van der Waals surface area contributed by atoms with Gasteiger partial charge in [0.15, 0.2) is 6.10 Å². The van der Waals surface area contributed by atoms with Gasteiger partial charge in [-0.15, -0.1) is 0 Å². The van der Waals surface area contributed by atoms with Gasteiger partial charge < -0.3 is 14.8 Å². The SMILES string of the molecule is COc1ccc(NC(=O)C2Cc3cc(C)ccc3C(=O)O2)c([N+](=O)[O-])c1. The standard InChI is InChI=1S/C18H16N2O6/c1-10-3-5-13-11(7-10)8-16(26-18(13)22)17(21)19-14-6-4-12(25-2)9-15(14)20(23)24/h3-7,9,16H,8H2,1-2H3,(H,19,21). The maximum absolute atomic E-state index is 12.5. The molecule has 0 fully saturated rings. The predicted octanol–water partition coefficient (Wildman–Crippen LogP) is 2.63. The smallest absolute Gasteiger partial charge is 0.339 e. The number of rotatable bonds is 4. The number of nitro benzene ring substituents is 1. The van der Waals surface area contributed by atoms with Gasteiger partial charge in [0, 0.05) is 6.42 Å². The van der Waals surface area contributed by atoms with Gasteiger partial charge >= 0.3 is 5.97 Å². The monoisotopic (exact) mass is 356 g/mol. The lowest BCUT2D eigenvalue weighted by Gasteiger charge is -2.24. The number of amides is 1. The van der Waals surface area contributed by atoms with Gasteiger partial charge in [-0.2, -0.15) is 0 Å². The molecule has 0 saturated carbocycles. The van der Waals surface area contributed by atoms with Crippen LogP contribution in [-0.4, -0.2) is 30.0 Å². The number of aryl methyl sites for hydroxylation is 1. The number of carbonyl (C=O) groups excluding carboxylic acids is 2. The van der Waals surface area contributed by atoms with Crippen molar-refractivity contribution in [3.63, 3.8) is 0 Å². The van der Waals surface area contributed by atoms with Crippen LogP contribution in [0.3, 0.4) is 0 Å². The Hall–Kier alpha value is -3.42. The van der Waals surface area contributed by atoms with Crippen LogP contribution in [0, 0.1) is 17.0 Å². The Labute approximate surface area is 148 Å². The Morgan fingerprint density at radius 3 is 2.77 bits per heavy atom. The van der Waals surface area contributed by atoms with Gasteiger partial charge in [-0.25, -0.2) is 4.79 Å². The molecule has 0 radical (unpaired) electrons. The van der Waals surface area contributed by atoms with E-state index in [0.29, 0.717) is 16.9 Å². The van der Waals surface area contributed by atoms with Gasteiger partial charge in [-0.1, -0.05) is 17.7 Å². The summed E-state index contributed by atoms with van der Waals surface area (Å²) in [5.74, 6) is -0.919. The van der Waals surface area contributed by atoms with Crippen LogP contribution in [0.1, 0.15) is 21.5 Å². The number of hydrogen-bond donors (Lipinski definition) is 1. The third-order valence-electron chi connectivity index (χ3n) is 4.09. The molecule has 8 nitrogen and oxygen atoms in total. The van der Waals surface area contributed by atoms with E-state index in [4.69, 9.17) is 9.47 Å². The topological polar surface area (TPSA) is 108 Å². The van der Waals surface area contributed by atoms with Crippen molar-refractivity contribution in [1.82, 2.24) is 0 Å². The van der Waals surface area contributed by atoms with Crippen molar-refractivity contribution in [2.75, 3.05) is 12.4 Å². The summed E-state index contributed by atoms with van der Waals surface area (Å²) in [6.07, 6.45) is -0.850. The van der Waals surface area contributed by atoms with Crippen LogP contribution in [0.5, 0.6) is 5.75 Å². The Morgan fingerprint density at radius 2 is 2.08 bits per heavy atom. The Morgan fingerprint density at radius 1 is 1.31 bits per heavy atom. The number of nitrogens with zero attached hydrogens (tertiary/aromatic N) is 1. The summed E-state index contributed by atoms with van der Waals surface area (Å²) in [5.41, 5.74) is 1.80. The molecule has 0 saturated heterocycles. The number of carbonyl (C=O) groups is 2. The van der Waals surface area contributed by atoms with Crippen LogP contribution in [0.25, 0.3) is 0 Å². The average Bonchev–Trinajstić information content (AvgIpc) is 2.61. The number of anilines is 1. The third-order valence-corrected chi connectivity index (χ3v) is 4.09. The second kappa shape index (κ2) is 6.83. The summed E-state index contributed by atoms with van der Waals surface area (Å²) in [6, 6.07) is 9.36. The zero-order valence-corrected chi connectivity index (χ0v) is 14.1. The largest absolute Gasteiger partial charge is 0.496 e. The number of nitro groups is 1. The molecule has 2 aromatic carbocycles. The predicted molar refractivity (Wildman–Crippen MR) is 92.4 cm³/mol. The van der Waals surface area contributed by atoms with E-state index < -0.39 is 22.9 Å². The Kier molecular flexibility index (Phi) is 4.57. The lowest BCUT2D eigenvalue weighted by atomic mass is 9.96.